The minimum atomic E-state index is -0.282. The van der Waals surface area contributed by atoms with Gasteiger partial charge in [-0.25, -0.2) is 14.0 Å². The zero-order valence-electron chi connectivity index (χ0n) is 8.85. The lowest BCUT2D eigenvalue weighted by molar-refractivity contribution is 0.414. The molecule has 0 N–H and O–H groups in total. The molecule has 84 valence electrons. The van der Waals surface area contributed by atoms with E-state index in [1.165, 1.54) is 9.25 Å². The van der Waals surface area contributed by atoms with E-state index in [1.54, 1.807) is 38.4 Å². The summed E-state index contributed by atoms with van der Waals surface area (Å²) >= 11 is 5.86. The Labute approximate surface area is 96.8 Å². The Morgan fingerprint density at radius 2 is 1.94 bits per heavy atom. The number of rotatable bonds is 2. The van der Waals surface area contributed by atoms with Gasteiger partial charge in [0, 0.05) is 7.05 Å². The predicted octanol–water partition coefficient (Wildman–Crippen LogP) is 1.23. The number of methoxy groups -OCH3 is 1. The van der Waals surface area contributed by atoms with Gasteiger partial charge < -0.3 is 4.74 Å². The monoisotopic (exact) mass is 239 g/mol. The molecule has 0 spiro atoms. The molecule has 1 aromatic heterocycles. The maximum Gasteiger partial charge on any atom is 0.351 e. The molecule has 0 aliphatic carbocycles. The van der Waals surface area contributed by atoms with Crippen molar-refractivity contribution in [3.63, 3.8) is 0 Å². The number of ether oxygens (including phenoxy) is 1. The lowest BCUT2D eigenvalue weighted by Gasteiger charge is -2.03. The second-order valence-electron chi connectivity index (χ2n) is 3.21. The van der Waals surface area contributed by atoms with Gasteiger partial charge in [-0.05, 0) is 35.9 Å². The summed E-state index contributed by atoms with van der Waals surface area (Å²) in [5.74, 6) is 0.719. The van der Waals surface area contributed by atoms with Crippen molar-refractivity contribution in [3.05, 3.63) is 40.0 Å². The number of benzene rings is 1. The normalized spacial score (nSPS) is 10.4. The van der Waals surface area contributed by atoms with Gasteiger partial charge >= 0.3 is 5.69 Å². The Hall–Kier alpha value is -1.75. The van der Waals surface area contributed by atoms with Gasteiger partial charge in [0.25, 0.3) is 0 Å². The lowest BCUT2D eigenvalue weighted by atomic mass is 10.3. The van der Waals surface area contributed by atoms with E-state index < -0.39 is 0 Å². The summed E-state index contributed by atoms with van der Waals surface area (Å²) in [7, 11) is 3.13. The Bertz CT molecular complexity index is 556. The van der Waals surface area contributed by atoms with Crippen molar-refractivity contribution in [2.45, 2.75) is 0 Å². The van der Waals surface area contributed by atoms with E-state index >= 15 is 0 Å². The Morgan fingerprint density at radius 1 is 1.31 bits per heavy atom. The Morgan fingerprint density at radius 3 is 2.38 bits per heavy atom. The standard InChI is InChI=1S/C10H10ClN3O2/c1-13-10(15)14(9(11)12-13)7-3-5-8(16-2)6-4-7/h3-6H,1-2H3. The number of halogens is 1. The van der Waals surface area contributed by atoms with Gasteiger partial charge in [0.1, 0.15) is 5.75 Å². The molecular formula is C10H10ClN3O2. The van der Waals surface area contributed by atoms with Crippen LogP contribution in [0.2, 0.25) is 5.28 Å². The minimum absolute atomic E-state index is 0.137. The van der Waals surface area contributed by atoms with E-state index in [0.717, 1.165) is 5.75 Å². The molecule has 6 heteroatoms. The number of aromatic nitrogens is 3. The summed E-state index contributed by atoms with van der Waals surface area (Å²) in [6.45, 7) is 0. The molecule has 2 rings (SSSR count). The molecule has 0 amide bonds. The predicted molar refractivity (Wildman–Crippen MR) is 60.4 cm³/mol. The van der Waals surface area contributed by atoms with E-state index in [2.05, 4.69) is 5.10 Å². The fourth-order valence-electron chi connectivity index (χ4n) is 1.38. The molecule has 1 aromatic carbocycles. The van der Waals surface area contributed by atoms with Crippen LogP contribution in [0.3, 0.4) is 0 Å². The van der Waals surface area contributed by atoms with Crippen molar-refractivity contribution in [1.29, 1.82) is 0 Å². The highest BCUT2D eigenvalue weighted by molar-refractivity contribution is 6.28. The number of aryl methyl sites for hydroxylation is 1. The summed E-state index contributed by atoms with van der Waals surface area (Å²) < 4.78 is 7.54. The molecule has 0 saturated carbocycles. The summed E-state index contributed by atoms with van der Waals surface area (Å²) in [6, 6.07) is 7.00. The second kappa shape index (κ2) is 4.02. The van der Waals surface area contributed by atoms with Gasteiger partial charge in [-0.1, -0.05) is 0 Å². The first-order valence-corrected chi connectivity index (χ1v) is 4.97. The van der Waals surface area contributed by atoms with Gasteiger partial charge in [0.2, 0.25) is 5.28 Å². The van der Waals surface area contributed by atoms with E-state index in [0.29, 0.717) is 5.69 Å². The van der Waals surface area contributed by atoms with Crippen LogP contribution >= 0.6 is 11.6 Å². The average Bonchev–Trinajstić information content (AvgIpc) is 2.54. The molecule has 2 aromatic rings. The molecule has 1 heterocycles. The smallest absolute Gasteiger partial charge is 0.351 e. The molecule has 0 bridgehead atoms. The molecular weight excluding hydrogens is 230 g/mol. The van der Waals surface area contributed by atoms with Crippen LogP contribution in [-0.4, -0.2) is 21.5 Å². The largest absolute Gasteiger partial charge is 0.497 e. The molecule has 5 nitrogen and oxygen atoms in total. The van der Waals surface area contributed by atoms with Crippen molar-refractivity contribution >= 4 is 11.6 Å². The highest BCUT2D eigenvalue weighted by Crippen LogP contribution is 2.16. The van der Waals surface area contributed by atoms with E-state index in [9.17, 15) is 4.79 Å². The molecule has 0 fully saturated rings. The first-order valence-electron chi connectivity index (χ1n) is 4.59. The van der Waals surface area contributed by atoms with Crippen molar-refractivity contribution < 1.29 is 4.74 Å². The maximum absolute atomic E-state index is 11.7. The van der Waals surface area contributed by atoms with Crippen molar-refractivity contribution in [3.8, 4) is 11.4 Å². The highest BCUT2D eigenvalue weighted by Gasteiger charge is 2.10. The van der Waals surface area contributed by atoms with E-state index in [4.69, 9.17) is 16.3 Å². The SMILES string of the molecule is COc1ccc(-n2c(Cl)nn(C)c2=O)cc1. The second-order valence-corrected chi connectivity index (χ2v) is 3.55. The van der Waals surface area contributed by atoms with Crippen LogP contribution in [0.1, 0.15) is 0 Å². The van der Waals surface area contributed by atoms with Gasteiger partial charge in [-0.15, -0.1) is 5.10 Å². The lowest BCUT2D eigenvalue weighted by Crippen LogP contribution is -2.21. The van der Waals surface area contributed by atoms with Crippen LogP contribution in [0.5, 0.6) is 5.75 Å². The van der Waals surface area contributed by atoms with Gasteiger partial charge in [0.15, 0.2) is 0 Å². The zero-order chi connectivity index (χ0) is 11.7. The number of hydrogen-bond acceptors (Lipinski definition) is 3. The summed E-state index contributed by atoms with van der Waals surface area (Å²) in [6.07, 6.45) is 0. The fraction of sp³-hybridized carbons (Fsp3) is 0.200. The quantitative estimate of drug-likeness (QED) is 0.792. The van der Waals surface area contributed by atoms with Gasteiger partial charge in [0.05, 0.1) is 12.8 Å². The topological polar surface area (TPSA) is 49.0 Å². The third kappa shape index (κ3) is 1.69. The van der Waals surface area contributed by atoms with E-state index in [-0.39, 0.29) is 11.0 Å². The molecule has 0 saturated heterocycles. The summed E-state index contributed by atoms with van der Waals surface area (Å²) in [5.41, 5.74) is 0.374. The first-order chi connectivity index (χ1) is 7.63. The summed E-state index contributed by atoms with van der Waals surface area (Å²) in [4.78, 5) is 11.7. The van der Waals surface area contributed by atoms with Crippen molar-refractivity contribution in [2.24, 2.45) is 7.05 Å². The van der Waals surface area contributed by atoms with Gasteiger partial charge in [-0.3, -0.25) is 0 Å². The minimum Gasteiger partial charge on any atom is -0.497 e. The van der Waals surface area contributed by atoms with Crippen LogP contribution in [-0.2, 0) is 7.05 Å². The van der Waals surface area contributed by atoms with Crippen LogP contribution in [0.4, 0.5) is 0 Å². The Balaban J connectivity index is 2.54. The average molecular weight is 240 g/mol. The molecule has 0 radical (unpaired) electrons. The zero-order valence-corrected chi connectivity index (χ0v) is 9.60. The first kappa shape index (κ1) is 10.8. The highest BCUT2D eigenvalue weighted by atomic mass is 35.5. The number of nitrogens with zero attached hydrogens (tertiary/aromatic N) is 3. The van der Waals surface area contributed by atoms with Crippen LogP contribution in [0.25, 0.3) is 5.69 Å². The van der Waals surface area contributed by atoms with Crippen LogP contribution in [0, 0.1) is 0 Å². The molecule has 0 aliphatic rings. The number of hydrogen-bond donors (Lipinski definition) is 0. The summed E-state index contributed by atoms with van der Waals surface area (Å²) in [5, 5.41) is 3.97. The molecule has 0 unspecified atom stereocenters. The van der Waals surface area contributed by atoms with Crippen molar-refractivity contribution in [1.82, 2.24) is 14.3 Å². The van der Waals surface area contributed by atoms with Crippen LogP contribution < -0.4 is 10.4 Å². The van der Waals surface area contributed by atoms with Gasteiger partial charge in [-0.2, -0.15) is 0 Å². The molecule has 0 aliphatic heterocycles. The fourth-order valence-corrected chi connectivity index (χ4v) is 1.67. The third-order valence-electron chi connectivity index (χ3n) is 2.22. The van der Waals surface area contributed by atoms with Crippen molar-refractivity contribution in [2.75, 3.05) is 7.11 Å². The Kier molecular flexibility index (Phi) is 2.70. The maximum atomic E-state index is 11.7. The molecule has 0 atom stereocenters. The van der Waals surface area contributed by atoms with E-state index in [1.807, 2.05) is 0 Å². The third-order valence-corrected chi connectivity index (χ3v) is 2.46. The van der Waals surface area contributed by atoms with Crippen LogP contribution in [0.15, 0.2) is 29.1 Å². The molecule has 16 heavy (non-hydrogen) atoms.